The van der Waals surface area contributed by atoms with E-state index < -0.39 is 5.60 Å². The SMILES string of the molecule is Cc1ccnc(OC[C@H]2CCCCN2C(=O)OC(C)(C)C)n1. The zero-order valence-electron chi connectivity index (χ0n) is 13.8. The van der Waals surface area contributed by atoms with Gasteiger partial charge in [0.15, 0.2) is 0 Å². The van der Waals surface area contributed by atoms with Gasteiger partial charge in [-0.15, -0.1) is 0 Å². The molecule has 0 spiro atoms. The Balaban J connectivity index is 1.96. The van der Waals surface area contributed by atoms with Crippen LogP contribution in [0.4, 0.5) is 4.79 Å². The summed E-state index contributed by atoms with van der Waals surface area (Å²) < 4.78 is 11.1. The molecule has 1 saturated heterocycles. The fraction of sp³-hybridized carbons (Fsp3) is 0.688. The number of hydrogen-bond donors (Lipinski definition) is 0. The minimum atomic E-state index is -0.487. The van der Waals surface area contributed by atoms with Crippen molar-refractivity contribution in [2.24, 2.45) is 0 Å². The van der Waals surface area contributed by atoms with E-state index in [9.17, 15) is 4.79 Å². The van der Waals surface area contributed by atoms with Gasteiger partial charge >= 0.3 is 12.1 Å². The van der Waals surface area contributed by atoms with E-state index >= 15 is 0 Å². The largest absolute Gasteiger partial charge is 0.461 e. The molecule has 1 aliphatic heterocycles. The third-order valence-corrected chi connectivity index (χ3v) is 3.43. The van der Waals surface area contributed by atoms with Crippen molar-refractivity contribution in [1.82, 2.24) is 14.9 Å². The summed E-state index contributed by atoms with van der Waals surface area (Å²) in [5.41, 5.74) is 0.372. The van der Waals surface area contributed by atoms with Crippen molar-refractivity contribution in [3.8, 4) is 6.01 Å². The summed E-state index contributed by atoms with van der Waals surface area (Å²) >= 11 is 0. The lowest BCUT2D eigenvalue weighted by atomic mass is 10.0. The Bertz CT molecular complexity index is 514. The molecule has 1 aromatic rings. The number of carbonyl (C=O) groups excluding carboxylic acids is 1. The first kappa shape index (κ1) is 16.5. The highest BCUT2D eigenvalue weighted by Crippen LogP contribution is 2.21. The topological polar surface area (TPSA) is 64.5 Å². The van der Waals surface area contributed by atoms with Gasteiger partial charge in [-0.3, -0.25) is 0 Å². The lowest BCUT2D eigenvalue weighted by Gasteiger charge is -2.36. The van der Waals surface area contributed by atoms with Crippen molar-refractivity contribution in [2.45, 2.75) is 58.6 Å². The monoisotopic (exact) mass is 307 g/mol. The predicted octanol–water partition coefficient (Wildman–Crippen LogP) is 2.95. The first-order valence-electron chi connectivity index (χ1n) is 7.77. The zero-order valence-corrected chi connectivity index (χ0v) is 13.8. The Kier molecular flexibility index (Phi) is 5.21. The maximum Gasteiger partial charge on any atom is 0.410 e. The van der Waals surface area contributed by atoms with Crippen molar-refractivity contribution in [3.05, 3.63) is 18.0 Å². The molecule has 0 radical (unpaired) electrons. The van der Waals surface area contributed by atoms with E-state index in [1.807, 2.05) is 33.8 Å². The van der Waals surface area contributed by atoms with Crippen molar-refractivity contribution in [2.75, 3.05) is 13.2 Å². The fourth-order valence-electron chi connectivity index (χ4n) is 2.40. The third-order valence-electron chi connectivity index (χ3n) is 3.43. The minimum absolute atomic E-state index is 0.00714. The van der Waals surface area contributed by atoms with Crippen LogP contribution in [0.5, 0.6) is 6.01 Å². The molecule has 2 rings (SSSR count). The Morgan fingerprint density at radius 1 is 1.41 bits per heavy atom. The van der Waals surface area contributed by atoms with Crippen molar-refractivity contribution in [1.29, 1.82) is 0 Å². The molecular formula is C16H25N3O3. The maximum absolute atomic E-state index is 12.3. The van der Waals surface area contributed by atoms with Crippen molar-refractivity contribution in [3.63, 3.8) is 0 Å². The summed E-state index contributed by atoms with van der Waals surface area (Å²) in [5.74, 6) is 0. The fourth-order valence-corrected chi connectivity index (χ4v) is 2.40. The number of rotatable bonds is 3. The average Bonchev–Trinajstić information content (AvgIpc) is 2.44. The summed E-state index contributed by atoms with van der Waals surface area (Å²) in [6.45, 7) is 8.62. The van der Waals surface area contributed by atoms with E-state index in [0.29, 0.717) is 19.2 Å². The van der Waals surface area contributed by atoms with Crippen LogP contribution in [-0.2, 0) is 4.74 Å². The van der Waals surface area contributed by atoms with Gasteiger partial charge in [0.25, 0.3) is 0 Å². The van der Waals surface area contributed by atoms with Gasteiger partial charge < -0.3 is 14.4 Å². The number of hydrogen-bond acceptors (Lipinski definition) is 5. The number of piperidine rings is 1. The third kappa shape index (κ3) is 4.86. The second kappa shape index (κ2) is 6.94. The van der Waals surface area contributed by atoms with Crippen LogP contribution in [0.25, 0.3) is 0 Å². The van der Waals surface area contributed by atoms with Crippen LogP contribution in [0.15, 0.2) is 12.3 Å². The van der Waals surface area contributed by atoms with Crippen LogP contribution < -0.4 is 4.74 Å². The Morgan fingerprint density at radius 2 is 2.18 bits per heavy atom. The van der Waals surface area contributed by atoms with E-state index in [0.717, 1.165) is 25.0 Å². The smallest absolute Gasteiger partial charge is 0.410 e. The molecule has 122 valence electrons. The number of likely N-dealkylation sites (tertiary alicyclic amines) is 1. The number of ether oxygens (including phenoxy) is 2. The molecule has 1 aliphatic rings. The summed E-state index contributed by atoms with van der Waals surface area (Å²) in [5, 5.41) is 0. The standard InChI is InChI=1S/C16H25N3O3/c1-12-8-9-17-14(18-12)21-11-13-7-5-6-10-19(13)15(20)22-16(2,3)4/h8-9,13H,5-7,10-11H2,1-4H3/t13-/m1/s1. The molecule has 6 nitrogen and oxygen atoms in total. The van der Waals surface area contributed by atoms with E-state index in [-0.39, 0.29) is 12.1 Å². The second-order valence-electron chi connectivity index (χ2n) is 6.61. The molecule has 1 atom stereocenters. The van der Waals surface area contributed by atoms with Crippen LogP contribution in [0.1, 0.15) is 45.7 Å². The lowest BCUT2D eigenvalue weighted by molar-refractivity contribution is 0.00304. The molecule has 2 heterocycles. The molecule has 0 bridgehead atoms. The Morgan fingerprint density at radius 3 is 2.86 bits per heavy atom. The van der Waals surface area contributed by atoms with Crippen LogP contribution in [-0.4, -0.2) is 45.8 Å². The van der Waals surface area contributed by atoms with Crippen LogP contribution in [0.2, 0.25) is 0 Å². The van der Waals surface area contributed by atoms with Gasteiger partial charge in [-0.05, 0) is 53.0 Å². The van der Waals surface area contributed by atoms with Gasteiger partial charge in [-0.25, -0.2) is 14.8 Å². The first-order valence-corrected chi connectivity index (χ1v) is 7.77. The van der Waals surface area contributed by atoms with E-state index in [2.05, 4.69) is 9.97 Å². The quantitative estimate of drug-likeness (QED) is 0.859. The van der Waals surface area contributed by atoms with Crippen LogP contribution in [0.3, 0.4) is 0 Å². The van der Waals surface area contributed by atoms with Crippen molar-refractivity contribution < 1.29 is 14.3 Å². The molecule has 1 amide bonds. The molecule has 6 heteroatoms. The molecule has 0 unspecified atom stereocenters. The minimum Gasteiger partial charge on any atom is -0.461 e. The van der Waals surface area contributed by atoms with Crippen LogP contribution >= 0.6 is 0 Å². The van der Waals surface area contributed by atoms with E-state index in [1.165, 1.54) is 0 Å². The lowest BCUT2D eigenvalue weighted by Crippen LogP contribution is -2.48. The summed E-state index contributed by atoms with van der Waals surface area (Å²) in [7, 11) is 0. The zero-order chi connectivity index (χ0) is 16.2. The summed E-state index contributed by atoms with van der Waals surface area (Å²) in [6.07, 6.45) is 4.39. The average molecular weight is 307 g/mol. The number of nitrogens with zero attached hydrogens (tertiary/aromatic N) is 3. The molecule has 0 aliphatic carbocycles. The molecular weight excluding hydrogens is 282 g/mol. The highest BCUT2D eigenvalue weighted by atomic mass is 16.6. The number of aryl methyl sites for hydroxylation is 1. The van der Waals surface area contributed by atoms with Crippen LogP contribution in [0, 0.1) is 6.92 Å². The van der Waals surface area contributed by atoms with Gasteiger partial charge in [-0.1, -0.05) is 0 Å². The first-order chi connectivity index (χ1) is 10.3. The van der Waals surface area contributed by atoms with E-state index in [1.54, 1.807) is 11.1 Å². The highest BCUT2D eigenvalue weighted by Gasteiger charge is 2.31. The summed E-state index contributed by atoms with van der Waals surface area (Å²) in [6, 6.07) is 2.18. The van der Waals surface area contributed by atoms with Gasteiger partial charge in [0, 0.05) is 18.4 Å². The van der Waals surface area contributed by atoms with E-state index in [4.69, 9.17) is 9.47 Å². The van der Waals surface area contributed by atoms with Gasteiger partial charge in [-0.2, -0.15) is 0 Å². The van der Waals surface area contributed by atoms with Gasteiger partial charge in [0.1, 0.15) is 12.2 Å². The molecule has 0 saturated carbocycles. The molecule has 0 N–H and O–H groups in total. The Labute approximate surface area is 131 Å². The normalized spacial score (nSPS) is 18.9. The van der Waals surface area contributed by atoms with Gasteiger partial charge in [0.2, 0.25) is 0 Å². The maximum atomic E-state index is 12.3. The van der Waals surface area contributed by atoms with Gasteiger partial charge in [0.05, 0.1) is 6.04 Å². The molecule has 22 heavy (non-hydrogen) atoms. The molecule has 1 aromatic heterocycles. The predicted molar refractivity (Wildman–Crippen MR) is 82.8 cm³/mol. The molecule has 1 fully saturated rings. The number of carbonyl (C=O) groups is 1. The second-order valence-corrected chi connectivity index (χ2v) is 6.61. The number of aromatic nitrogens is 2. The Hall–Kier alpha value is -1.85. The molecule has 0 aromatic carbocycles. The summed E-state index contributed by atoms with van der Waals surface area (Å²) in [4.78, 5) is 22.4. The van der Waals surface area contributed by atoms with Crippen molar-refractivity contribution >= 4 is 6.09 Å². The highest BCUT2D eigenvalue weighted by molar-refractivity contribution is 5.68. The number of amides is 1.